The standard InChI is InChI=1S/C20H13ClF2N2O2S/c21-12-3-1-2-11(8-12)18-6-4-13(28-18)5-7-19(26)25-17-9-14(20(24)27)15(22)10-16(17)23/h1-10H,(H2,24,27)(H,25,26)/b7-5+. The number of anilines is 1. The highest BCUT2D eigenvalue weighted by molar-refractivity contribution is 7.16. The average Bonchev–Trinajstić information content (AvgIpc) is 3.11. The molecular formula is C20H13ClF2N2O2S. The summed E-state index contributed by atoms with van der Waals surface area (Å²) in [4.78, 5) is 25.0. The molecule has 0 spiro atoms. The van der Waals surface area contributed by atoms with Crippen molar-refractivity contribution in [3.05, 3.63) is 81.7 Å². The molecule has 8 heteroatoms. The zero-order chi connectivity index (χ0) is 20.3. The first kappa shape index (κ1) is 19.7. The molecule has 2 aromatic carbocycles. The van der Waals surface area contributed by atoms with Gasteiger partial charge in [0.2, 0.25) is 5.91 Å². The van der Waals surface area contributed by atoms with E-state index in [4.69, 9.17) is 17.3 Å². The van der Waals surface area contributed by atoms with Crippen LogP contribution in [0.3, 0.4) is 0 Å². The molecule has 2 amide bonds. The minimum absolute atomic E-state index is 0.337. The topological polar surface area (TPSA) is 72.2 Å². The zero-order valence-corrected chi connectivity index (χ0v) is 15.8. The molecule has 3 aromatic rings. The van der Waals surface area contributed by atoms with Crippen molar-refractivity contribution in [3.63, 3.8) is 0 Å². The summed E-state index contributed by atoms with van der Waals surface area (Å²) < 4.78 is 27.3. The van der Waals surface area contributed by atoms with E-state index in [9.17, 15) is 18.4 Å². The molecule has 142 valence electrons. The molecule has 0 fully saturated rings. The fraction of sp³-hybridized carbons (Fsp3) is 0. The summed E-state index contributed by atoms with van der Waals surface area (Å²) in [5, 5.41) is 2.88. The third-order valence-corrected chi connectivity index (χ3v) is 5.05. The first-order valence-corrected chi connectivity index (χ1v) is 9.16. The Labute approximate surface area is 168 Å². The molecule has 28 heavy (non-hydrogen) atoms. The Bertz CT molecular complexity index is 1100. The van der Waals surface area contributed by atoms with E-state index in [-0.39, 0.29) is 5.69 Å². The molecule has 0 aliphatic heterocycles. The van der Waals surface area contributed by atoms with Gasteiger partial charge in [-0.3, -0.25) is 9.59 Å². The Morgan fingerprint density at radius 1 is 1.07 bits per heavy atom. The number of amides is 2. The zero-order valence-electron chi connectivity index (χ0n) is 14.2. The van der Waals surface area contributed by atoms with Crippen LogP contribution < -0.4 is 11.1 Å². The number of benzene rings is 2. The molecule has 3 rings (SSSR count). The number of nitrogens with two attached hydrogens (primary N) is 1. The first-order valence-electron chi connectivity index (χ1n) is 7.97. The molecular weight excluding hydrogens is 406 g/mol. The van der Waals surface area contributed by atoms with Crippen LogP contribution in [0.25, 0.3) is 16.5 Å². The van der Waals surface area contributed by atoms with Crippen molar-refractivity contribution in [2.24, 2.45) is 5.73 Å². The number of hydrogen-bond donors (Lipinski definition) is 2. The van der Waals surface area contributed by atoms with Gasteiger partial charge < -0.3 is 11.1 Å². The van der Waals surface area contributed by atoms with Gasteiger partial charge in [-0.15, -0.1) is 11.3 Å². The Balaban J connectivity index is 1.73. The predicted octanol–water partition coefficient (Wildman–Crippen LogP) is 5.10. The maximum Gasteiger partial charge on any atom is 0.251 e. The van der Waals surface area contributed by atoms with E-state index >= 15 is 0 Å². The Morgan fingerprint density at radius 2 is 1.86 bits per heavy atom. The highest BCUT2D eigenvalue weighted by atomic mass is 35.5. The Morgan fingerprint density at radius 3 is 2.57 bits per heavy atom. The van der Waals surface area contributed by atoms with Crippen molar-refractivity contribution in [2.75, 3.05) is 5.32 Å². The third kappa shape index (κ3) is 4.62. The molecule has 0 saturated heterocycles. The lowest BCUT2D eigenvalue weighted by atomic mass is 10.1. The number of hydrogen-bond acceptors (Lipinski definition) is 3. The van der Waals surface area contributed by atoms with Crippen LogP contribution in [0, 0.1) is 11.6 Å². The minimum atomic E-state index is -1.09. The lowest BCUT2D eigenvalue weighted by Crippen LogP contribution is -2.16. The van der Waals surface area contributed by atoms with Crippen LogP contribution in [0.1, 0.15) is 15.2 Å². The van der Waals surface area contributed by atoms with Crippen molar-refractivity contribution in [1.29, 1.82) is 0 Å². The summed E-state index contributed by atoms with van der Waals surface area (Å²) in [6, 6.07) is 12.5. The quantitative estimate of drug-likeness (QED) is 0.566. The summed E-state index contributed by atoms with van der Waals surface area (Å²) in [5.74, 6) is -3.80. The normalized spacial score (nSPS) is 11.0. The van der Waals surface area contributed by atoms with E-state index in [1.54, 1.807) is 12.1 Å². The number of carbonyl (C=O) groups is 2. The number of rotatable bonds is 5. The minimum Gasteiger partial charge on any atom is -0.366 e. The molecule has 1 aromatic heterocycles. The van der Waals surface area contributed by atoms with Gasteiger partial charge in [-0.2, -0.15) is 0 Å². The maximum atomic E-state index is 13.8. The van der Waals surface area contributed by atoms with Crippen molar-refractivity contribution in [2.45, 2.75) is 0 Å². The molecule has 0 saturated carbocycles. The molecule has 0 atom stereocenters. The highest BCUT2D eigenvalue weighted by Gasteiger charge is 2.14. The second kappa shape index (κ2) is 8.33. The fourth-order valence-electron chi connectivity index (χ4n) is 2.41. The van der Waals surface area contributed by atoms with Gasteiger partial charge >= 0.3 is 0 Å². The lowest BCUT2D eigenvalue weighted by Gasteiger charge is -2.06. The Kier molecular flexibility index (Phi) is 5.87. The van der Waals surface area contributed by atoms with Crippen molar-refractivity contribution < 1.29 is 18.4 Å². The number of nitrogens with one attached hydrogen (secondary N) is 1. The van der Waals surface area contributed by atoms with Crippen LogP contribution in [-0.2, 0) is 4.79 Å². The van der Waals surface area contributed by atoms with E-state index in [1.165, 1.54) is 17.4 Å². The average molecular weight is 419 g/mol. The lowest BCUT2D eigenvalue weighted by molar-refractivity contribution is -0.111. The van der Waals surface area contributed by atoms with E-state index in [0.717, 1.165) is 21.4 Å². The molecule has 0 bridgehead atoms. The van der Waals surface area contributed by atoms with Gasteiger partial charge in [0.15, 0.2) is 0 Å². The molecule has 4 nitrogen and oxygen atoms in total. The number of halogens is 3. The number of carbonyl (C=O) groups excluding carboxylic acids is 2. The van der Waals surface area contributed by atoms with Gasteiger partial charge in [0.05, 0.1) is 11.3 Å². The SMILES string of the molecule is NC(=O)c1cc(NC(=O)/C=C/c2ccc(-c3cccc(Cl)c3)s2)c(F)cc1F. The molecule has 1 heterocycles. The van der Waals surface area contributed by atoms with E-state index in [1.807, 2.05) is 30.3 Å². The van der Waals surface area contributed by atoms with Crippen LogP contribution in [-0.4, -0.2) is 11.8 Å². The van der Waals surface area contributed by atoms with Crippen molar-refractivity contribution in [1.82, 2.24) is 0 Å². The van der Waals surface area contributed by atoms with Gasteiger partial charge in [-0.1, -0.05) is 23.7 Å². The summed E-state index contributed by atoms with van der Waals surface area (Å²) in [6.45, 7) is 0. The highest BCUT2D eigenvalue weighted by Crippen LogP contribution is 2.30. The second-order valence-corrected chi connectivity index (χ2v) is 7.26. The van der Waals surface area contributed by atoms with Crippen LogP contribution in [0.5, 0.6) is 0 Å². The summed E-state index contributed by atoms with van der Waals surface area (Å²) >= 11 is 7.43. The third-order valence-electron chi connectivity index (χ3n) is 3.71. The van der Waals surface area contributed by atoms with Crippen LogP contribution in [0.2, 0.25) is 5.02 Å². The molecule has 0 radical (unpaired) electrons. The summed E-state index contributed by atoms with van der Waals surface area (Å²) in [7, 11) is 0. The van der Waals surface area contributed by atoms with Gasteiger partial charge in [0.1, 0.15) is 11.6 Å². The molecule has 0 aliphatic carbocycles. The van der Waals surface area contributed by atoms with E-state index in [0.29, 0.717) is 11.1 Å². The summed E-state index contributed by atoms with van der Waals surface area (Å²) in [5.41, 5.74) is 5.13. The number of thiophene rings is 1. The van der Waals surface area contributed by atoms with Crippen LogP contribution in [0.15, 0.2) is 54.6 Å². The molecule has 3 N–H and O–H groups in total. The Hall–Kier alpha value is -3.03. The smallest absolute Gasteiger partial charge is 0.251 e. The molecule has 0 aliphatic rings. The second-order valence-electron chi connectivity index (χ2n) is 5.71. The van der Waals surface area contributed by atoms with Gasteiger partial charge in [0, 0.05) is 26.9 Å². The predicted molar refractivity (Wildman–Crippen MR) is 107 cm³/mol. The van der Waals surface area contributed by atoms with E-state index < -0.39 is 29.0 Å². The monoisotopic (exact) mass is 418 g/mol. The summed E-state index contributed by atoms with van der Waals surface area (Å²) in [6.07, 6.45) is 2.77. The number of primary amides is 1. The van der Waals surface area contributed by atoms with Gasteiger partial charge in [-0.25, -0.2) is 8.78 Å². The first-order chi connectivity index (χ1) is 13.3. The maximum absolute atomic E-state index is 13.8. The van der Waals surface area contributed by atoms with Crippen LogP contribution in [0.4, 0.5) is 14.5 Å². The van der Waals surface area contributed by atoms with Crippen molar-refractivity contribution in [3.8, 4) is 10.4 Å². The fourth-order valence-corrected chi connectivity index (χ4v) is 3.50. The van der Waals surface area contributed by atoms with Crippen molar-refractivity contribution >= 4 is 46.5 Å². The molecule has 0 unspecified atom stereocenters. The van der Waals surface area contributed by atoms with Crippen LogP contribution >= 0.6 is 22.9 Å². The van der Waals surface area contributed by atoms with E-state index in [2.05, 4.69) is 5.32 Å². The van der Waals surface area contributed by atoms with Gasteiger partial charge in [0.25, 0.3) is 5.91 Å². The van der Waals surface area contributed by atoms with Gasteiger partial charge in [-0.05, 0) is 42.0 Å². The largest absolute Gasteiger partial charge is 0.366 e.